The monoisotopic (exact) mass is 599 g/mol. The molecule has 35 heavy (non-hydrogen) atoms. The van der Waals surface area contributed by atoms with Gasteiger partial charge in [-0.15, -0.1) is 0 Å². The van der Waals surface area contributed by atoms with Gasteiger partial charge in [0, 0.05) is 26.8 Å². The number of halogens is 2. The number of hydrogen-bond acceptors (Lipinski definition) is 6. The molecule has 0 spiro atoms. The largest absolute Gasteiger partial charge is 0.490 e. The van der Waals surface area contributed by atoms with Gasteiger partial charge in [-0.1, -0.05) is 37.9 Å². The molecule has 1 amide bonds. The minimum atomic E-state index is -0.547. The molecule has 0 fully saturated rings. The molecule has 178 valence electrons. The predicted molar refractivity (Wildman–Crippen MR) is 139 cm³/mol. The lowest BCUT2D eigenvalue weighted by Gasteiger charge is -2.14. The Balaban J connectivity index is 1.82. The van der Waals surface area contributed by atoms with Crippen molar-refractivity contribution >= 4 is 55.2 Å². The van der Waals surface area contributed by atoms with E-state index in [1.165, 1.54) is 18.2 Å². The standard InChI is InChI=1S/C25H19Br2N3O5/c1-2-34-23-11-17(10-18(14-28)25(31)29-20-5-3-4-19(26)12-20)22(27)13-24(23)35-15-16-6-8-21(9-7-16)30(32)33/h3-13H,2,15H2,1H3,(H,29,31)/b18-10-. The summed E-state index contributed by atoms with van der Waals surface area (Å²) in [4.78, 5) is 23.0. The third-order valence-corrected chi connectivity index (χ3v) is 5.83. The molecule has 3 aromatic carbocycles. The topological polar surface area (TPSA) is 114 Å². The van der Waals surface area contributed by atoms with Crippen LogP contribution in [0.4, 0.5) is 11.4 Å². The average Bonchev–Trinajstić information content (AvgIpc) is 2.83. The smallest absolute Gasteiger partial charge is 0.269 e. The highest BCUT2D eigenvalue weighted by Gasteiger charge is 2.15. The van der Waals surface area contributed by atoms with E-state index in [1.54, 1.807) is 42.5 Å². The van der Waals surface area contributed by atoms with E-state index in [2.05, 4.69) is 37.2 Å². The molecule has 10 heteroatoms. The van der Waals surface area contributed by atoms with Gasteiger partial charge in [0.1, 0.15) is 18.2 Å². The quantitative estimate of drug-likeness (QED) is 0.127. The summed E-state index contributed by atoms with van der Waals surface area (Å²) in [5.41, 5.74) is 1.76. The lowest BCUT2D eigenvalue weighted by Crippen LogP contribution is -2.13. The molecule has 3 aromatic rings. The number of nitrogens with zero attached hydrogens (tertiary/aromatic N) is 2. The SMILES string of the molecule is CCOc1cc(/C=C(/C#N)C(=O)Nc2cccc(Br)c2)c(Br)cc1OCc1ccc([N+](=O)[O-])cc1. The molecule has 0 saturated carbocycles. The van der Waals surface area contributed by atoms with Crippen molar-refractivity contribution in [2.45, 2.75) is 13.5 Å². The minimum Gasteiger partial charge on any atom is -0.490 e. The molecule has 0 aliphatic heterocycles. The molecular formula is C25H19Br2N3O5. The lowest BCUT2D eigenvalue weighted by molar-refractivity contribution is -0.384. The Bertz CT molecular complexity index is 1320. The zero-order chi connectivity index (χ0) is 25.4. The van der Waals surface area contributed by atoms with Gasteiger partial charge in [0.15, 0.2) is 11.5 Å². The van der Waals surface area contributed by atoms with E-state index in [1.807, 2.05) is 19.1 Å². The first-order chi connectivity index (χ1) is 16.8. The van der Waals surface area contributed by atoms with Crippen molar-refractivity contribution in [3.8, 4) is 17.6 Å². The number of carbonyl (C=O) groups excluding carboxylic acids is 1. The van der Waals surface area contributed by atoms with E-state index in [0.29, 0.717) is 33.8 Å². The molecule has 0 aliphatic rings. The number of rotatable bonds is 9. The predicted octanol–water partition coefficient (Wildman–Crippen LogP) is 6.64. The highest BCUT2D eigenvalue weighted by molar-refractivity contribution is 9.10. The zero-order valence-corrected chi connectivity index (χ0v) is 21.6. The maximum absolute atomic E-state index is 12.6. The molecule has 0 radical (unpaired) electrons. The van der Waals surface area contributed by atoms with E-state index in [4.69, 9.17) is 9.47 Å². The Kier molecular flexibility index (Phi) is 9.00. The second-order valence-electron chi connectivity index (χ2n) is 7.10. The van der Waals surface area contributed by atoms with Crippen molar-refractivity contribution in [1.29, 1.82) is 5.26 Å². The number of carbonyl (C=O) groups is 1. The number of nitriles is 1. The van der Waals surface area contributed by atoms with Gasteiger partial charge in [-0.2, -0.15) is 5.26 Å². The number of hydrogen-bond donors (Lipinski definition) is 1. The number of nitro benzene ring substituents is 1. The Morgan fingerprint density at radius 1 is 1.11 bits per heavy atom. The third kappa shape index (κ3) is 7.15. The minimum absolute atomic E-state index is 0.000118. The molecule has 0 saturated heterocycles. The first-order valence-corrected chi connectivity index (χ1v) is 11.9. The summed E-state index contributed by atoms with van der Waals surface area (Å²) in [6.07, 6.45) is 1.46. The molecule has 0 atom stereocenters. The molecule has 8 nitrogen and oxygen atoms in total. The number of benzene rings is 3. The summed E-state index contributed by atoms with van der Waals surface area (Å²) in [6, 6.07) is 18.4. The van der Waals surface area contributed by atoms with Crippen molar-refractivity contribution in [1.82, 2.24) is 0 Å². The highest BCUT2D eigenvalue weighted by atomic mass is 79.9. The van der Waals surface area contributed by atoms with Crippen LogP contribution >= 0.6 is 31.9 Å². The van der Waals surface area contributed by atoms with Gasteiger partial charge < -0.3 is 14.8 Å². The Morgan fingerprint density at radius 2 is 1.83 bits per heavy atom. The molecule has 1 N–H and O–H groups in total. The van der Waals surface area contributed by atoms with Crippen LogP contribution in [0, 0.1) is 21.4 Å². The lowest BCUT2D eigenvalue weighted by atomic mass is 10.1. The van der Waals surface area contributed by atoms with Crippen LogP contribution in [0.1, 0.15) is 18.1 Å². The fraction of sp³-hybridized carbons (Fsp3) is 0.120. The van der Waals surface area contributed by atoms with Gasteiger partial charge >= 0.3 is 0 Å². The second kappa shape index (κ2) is 12.1. The van der Waals surface area contributed by atoms with Crippen LogP contribution in [-0.2, 0) is 11.4 Å². The van der Waals surface area contributed by atoms with Crippen molar-refractivity contribution in [3.63, 3.8) is 0 Å². The Labute approximate surface area is 218 Å². The second-order valence-corrected chi connectivity index (χ2v) is 8.87. The van der Waals surface area contributed by atoms with Gasteiger partial charge in [-0.05, 0) is 66.6 Å². The molecule has 0 bridgehead atoms. The van der Waals surface area contributed by atoms with Gasteiger partial charge in [0.25, 0.3) is 11.6 Å². The Hall–Kier alpha value is -3.68. The normalized spacial score (nSPS) is 10.9. The van der Waals surface area contributed by atoms with Gasteiger partial charge in [0.05, 0.1) is 11.5 Å². The van der Waals surface area contributed by atoms with E-state index in [0.717, 1.165) is 10.0 Å². The van der Waals surface area contributed by atoms with Gasteiger partial charge in [0.2, 0.25) is 0 Å². The fourth-order valence-electron chi connectivity index (χ4n) is 2.99. The van der Waals surface area contributed by atoms with Crippen LogP contribution in [0.25, 0.3) is 6.08 Å². The molecule has 0 aliphatic carbocycles. The maximum atomic E-state index is 12.6. The molecule has 3 rings (SSSR count). The van der Waals surface area contributed by atoms with Gasteiger partial charge in [-0.25, -0.2) is 0 Å². The Morgan fingerprint density at radius 3 is 2.46 bits per heavy atom. The summed E-state index contributed by atoms with van der Waals surface area (Å²) in [5.74, 6) is 0.314. The fourth-order valence-corrected chi connectivity index (χ4v) is 3.82. The highest BCUT2D eigenvalue weighted by Crippen LogP contribution is 2.35. The number of nitrogens with one attached hydrogen (secondary N) is 1. The molecule has 0 aromatic heterocycles. The summed E-state index contributed by atoms with van der Waals surface area (Å²) in [7, 11) is 0. The van der Waals surface area contributed by atoms with E-state index >= 15 is 0 Å². The van der Waals surface area contributed by atoms with Crippen LogP contribution < -0.4 is 14.8 Å². The number of ether oxygens (including phenoxy) is 2. The van der Waals surface area contributed by atoms with E-state index in [9.17, 15) is 20.2 Å². The maximum Gasteiger partial charge on any atom is 0.269 e. The van der Waals surface area contributed by atoms with E-state index in [-0.39, 0.29) is 17.9 Å². The molecule has 0 unspecified atom stereocenters. The van der Waals surface area contributed by atoms with Crippen LogP contribution in [0.15, 0.2) is 75.2 Å². The average molecular weight is 601 g/mol. The summed E-state index contributed by atoms with van der Waals surface area (Å²) in [5, 5.41) is 23.1. The number of non-ortho nitro benzene ring substituents is 1. The van der Waals surface area contributed by atoms with Crippen LogP contribution in [-0.4, -0.2) is 17.4 Å². The number of nitro groups is 1. The summed E-state index contributed by atoms with van der Waals surface area (Å²) >= 11 is 6.81. The van der Waals surface area contributed by atoms with Crippen molar-refractivity contribution < 1.29 is 19.2 Å². The van der Waals surface area contributed by atoms with Crippen molar-refractivity contribution in [2.75, 3.05) is 11.9 Å². The summed E-state index contributed by atoms with van der Waals surface area (Å²) < 4.78 is 13.0. The van der Waals surface area contributed by atoms with Crippen LogP contribution in [0.3, 0.4) is 0 Å². The zero-order valence-electron chi connectivity index (χ0n) is 18.5. The molecular weight excluding hydrogens is 582 g/mol. The van der Waals surface area contributed by atoms with Crippen molar-refractivity contribution in [2.24, 2.45) is 0 Å². The van der Waals surface area contributed by atoms with Crippen LogP contribution in [0.5, 0.6) is 11.5 Å². The van der Waals surface area contributed by atoms with Crippen molar-refractivity contribution in [3.05, 3.63) is 96.4 Å². The summed E-state index contributed by atoms with van der Waals surface area (Å²) in [6.45, 7) is 2.36. The first kappa shape index (κ1) is 25.9. The number of amides is 1. The van der Waals surface area contributed by atoms with Crippen LogP contribution in [0.2, 0.25) is 0 Å². The third-order valence-electron chi connectivity index (χ3n) is 4.65. The first-order valence-electron chi connectivity index (χ1n) is 10.3. The van der Waals surface area contributed by atoms with E-state index < -0.39 is 10.8 Å². The number of anilines is 1. The van der Waals surface area contributed by atoms with Gasteiger partial charge in [-0.3, -0.25) is 14.9 Å². The molecule has 0 heterocycles.